The molecule has 1 atom stereocenters. The van der Waals surface area contributed by atoms with Gasteiger partial charge in [-0.15, -0.1) is 0 Å². The second-order valence-electron chi connectivity index (χ2n) is 5.45. The highest BCUT2D eigenvalue weighted by atomic mass is 32.2. The molecular weight excluding hydrogens is 272 g/mol. The van der Waals surface area contributed by atoms with Crippen LogP contribution in [-0.2, 0) is 9.84 Å². The number of anilines is 1. The number of para-hydroxylation sites is 1. The number of nitrogens with zero attached hydrogens (tertiary/aromatic N) is 2. The summed E-state index contributed by atoms with van der Waals surface area (Å²) in [6, 6.07) is 10.1. The summed E-state index contributed by atoms with van der Waals surface area (Å²) in [4.78, 5) is 6.80. The Morgan fingerprint density at radius 2 is 2.05 bits per heavy atom. The fraction of sp³-hybridized carbons (Fsp3) is 0.400. The lowest BCUT2D eigenvalue weighted by atomic mass is 10.1. The van der Waals surface area contributed by atoms with Gasteiger partial charge in [0.2, 0.25) is 0 Å². The van der Waals surface area contributed by atoms with Crippen molar-refractivity contribution in [2.24, 2.45) is 0 Å². The molecule has 1 aromatic carbocycles. The minimum absolute atomic E-state index is 0.210. The Hall–Kier alpha value is -1.62. The average molecular weight is 290 g/mol. The van der Waals surface area contributed by atoms with Crippen molar-refractivity contribution in [1.29, 1.82) is 0 Å². The summed E-state index contributed by atoms with van der Waals surface area (Å²) < 4.78 is 23.6. The first kappa shape index (κ1) is 13.4. The van der Waals surface area contributed by atoms with Crippen molar-refractivity contribution in [3.8, 4) is 0 Å². The van der Waals surface area contributed by atoms with Crippen LogP contribution in [0.1, 0.15) is 12.5 Å². The van der Waals surface area contributed by atoms with E-state index in [1.807, 2.05) is 31.2 Å². The maximum Gasteiger partial charge on any atom is 0.156 e. The molecule has 1 saturated heterocycles. The normalized spacial score (nSPS) is 22.1. The van der Waals surface area contributed by atoms with Gasteiger partial charge in [-0.3, -0.25) is 0 Å². The molecule has 0 radical (unpaired) electrons. The molecule has 1 fully saturated rings. The maximum atomic E-state index is 11.8. The summed E-state index contributed by atoms with van der Waals surface area (Å²) >= 11 is 0. The summed E-state index contributed by atoms with van der Waals surface area (Å²) in [5, 5.41) is 0.787. The van der Waals surface area contributed by atoms with Crippen LogP contribution in [0.5, 0.6) is 0 Å². The van der Waals surface area contributed by atoms with Gasteiger partial charge in [0.15, 0.2) is 9.84 Å². The van der Waals surface area contributed by atoms with Crippen molar-refractivity contribution < 1.29 is 8.42 Å². The molecule has 0 N–H and O–H groups in total. The van der Waals surface area contributed by atoms with Crippen LogP contribution in [0.4, 0.5) is 5.82 Å². The Morgan fingerprint density at radius 3 is 2.80 bits per heavy atom. The topological polar surface area (TPSA) is 50.3 Å². The van der Waals surface area contributed by atoms with Crippen LogP contribution in [0.15, 0.2) is 30.3 Å². The van der Waals surface area contributed by atoms with Crippen LogP contribution >= 0.6 is 0 Å². The van der Waals surface area contributed by atoms with Gasteiger partial charge in [-0.1, -0.05) is 18.2 Å². The molecule has 1 aliphatic heterocycles. The highest BCUT2D eigenvalue weighted by molar-refractivity contribution is 7.92. The number of pyridine rings is 1. The molecule has 0 saturated carbocycles. The van der Waals surface area contributed by atoms with E-state index in [2.05, 4.69) is 11.0 Å². The van der Waals surface area contributed by atoms with Gasteiger partial charge < -0.3 is 4.90 Å². The van der Waals surface area contributed by atoms with Crippen molar-refractivity contribution in [3.63, 3.8) is 0 Å². The molecule has 0 amide bonds. The number of rotatable bonds is 1. The number of sulfone groups is 1. The summed E-state index contributed by atoms with van der Waals surface area (Å²) in [5.74, 6) is 1.12. The highest BCUT2D eigenvalue weighted by Crippen LogP contribution is 2.25. The average Bonchev–Trinajstić information content (AvgIpc) is 2.41. The van der Waals surface area contributed by atoms with Crippen molar-refractivity contribution >= 4 is 26.6 Å². The molecule has 0 bridgehead atoms. The van der Waals surface area contributed by atoms with E-state index in [-0.39, 0.29) is 11.0 Å². The van der Waals surface area contributed by atoms with Crippen molar-refractivity contribution in [2.75, 3.05) is 23.7 Å². The standard InChI is InChI=1S/C15H18N2O2S/c1-11-9-13-5-3-4-6-14(13)16-15(11)17-7-8-20(18,19)12(2)10-17/h3-6,9,12H,7-8,10H2,1-2H3. The molecule has 2 aromatic rings. The molecule has 3 rings (SSSR count). The Morgan fingerprint density at radius 1 is 1.30 bits per heavy atom. The molecule has 1 unspecified atom stereocenters. The highest BCUT2D eigenvalue weighted by Gasteiger charge is 2.30. The first-order valence-corrected chi connectivity index (χ1v) is 8.52. The van der Waals surface area contributed by atoms with Gasteiger partial charge in [0.25, 0.3) is 0 Å². The van der Waals surface area contributed by atoms with E-state index >= 15 is 0 Å². The minimum Gasteiger partial charge on any atom is -0.354 e. The third kappa shape index (κ3) is 2.26. The minimum atomic E-state index is -2.93. The molecule has 5 heteroatoms. The first-order chi connectivity index (χ1) is 9.47. The fourth-order valence-electron chi connectivity index (χ4n) is 2.68. The summed E-state index contributed by atoms with van der Waals surface area (Å²) in [6.45, 7) is 4.85. The SMILES string of the molecule is Cc1cc2ccccc2nc1N1CCS(=O)(=O)C(C)C1. The van der Waals surface area contributed by atoms with Crippen molar-refractivity contribution in [1.82, 2.24) is 4.98 Å². The first-order valence-electron chi connectivity index (χ1n) is 6.80. The Balaban J connectivity index is 2.00. The van der Waals surface area contributed by atoms with Crippen LogP contribution in [0.2, 0.25) is 0 Å². The number of fused-ring (bicyclic) bond motifs is 1. The van der Waals surface area contributed by atoms with E-state index in [1.54, 1.807) is 6.92 Å². The van der Waals surface area contributed by atoms with Crippen molar-refractivity contribution in [3.05, 3.63) is 35.9 Å². The van der Waals surface area contributed by atoms with Gasteiger partial charge in [-0.2, -0.15) is 0 Å². The summed E-state index contributed by atoms with van der Waals surface area (Å²) in [6.07, 6.45) is 0. The Bertz CT molecular complexity index is 756. The van der Waals surface area contributed by atoms with Gasteiger partial charge in [0, 0.05) is 18.5 Å². The number of aryl methyl sites for hydroxylation is 1. The lowest BCUT2D eigenvalue weighted by Crippen LogP contribution is -2.46. The van der Waals surface area contributed by atoms with Gasteiger partial charge in [-0.05, 0) is 31.5 Å². The Kier molecular flexibility index (Phi) is 3.17. The number of benzene rings is 1. The lowest BCUT2D eigenvalue weighted by molar-refractivity contribution is 0.568. The molecule has 106 valence electrons. The zero-order valence-corrected chi connectivity index (χ0v) is 12.5. The van der Waals surface area contributed by atoms with Crippen LogP contribution in [0.3, 0.4) is 0 Å². The van der Waals surface area contributed by atoms with E-state index in [0.29, 0.717) is 13.1 Å². The van der Waals surface area contributed by atoms with Crippen LogP contribution in [-0.4, -0.2) is 37.5 Å². The Labute approximate surface area is 119 Å². The number of hydrogen-bond acceptors (Lipinski definition) is 4. The largest absolute Gasteiger partial charge is 0.354 e. The number of hydrogen-bond donors (Lipinski definition) is 0. The molecule has 0 spiro atoms. The predicted molar refractivity (Wildman–Crippen MR) is 81.9 cm³/mol. The molecule has 0 aliphatic carbocycles. The molecule has 4 nitrogen and oxygen atoms in total. The molecular formula is C15H18N2O2S. The van der Waals surface area contributed by atoms with E-state index in [4.69, 9.17) is 4.98 Å². The van der Waals surface area contributed by atoms with Crippen LogP contribution in [0.25, 0.3) is 10.9 Å². The van der Waals surface area contributed by atoms with Gasteiger partial charge in [0.05, 0.1) is 16.5 Å². The van der Waals surface area contributed by atoms with Gasteiger partial charge >= 0.3 is 0 Å². The second-order valence-corrected chi connectivity index (χ2v) is 7.98. The van der Waals surface area contributed by atoms with Crippen LogP contribution < -0.4 is 4.90 Å². The molecule has 2 heterocycles. The molecule has 1 aliphatic rings. The van der Waals surface area contributed by atoms with E-state index in [0.717, 1.165) is 22.3 Å². The third-order valence-electron chi connectivity index (χ3n) is 3.92. The third-order valence-corrected chi connectivity index (χ3v) is 6.05. The van der Waals surface area contributed by atoms with Crippen LogP contribution in [0, 0.1) is 6.92 Å². The molecule has 20 heavy (non-hydrogen) atoms. The van der Waals surface area contributed by atoms with E-state index in [1.165, 1.54) is 0 Å². The summed E-state index contributed by atoms with van der Waals surface area (Å²) in [5.41, 5.74) is 2.05. The predicted octanol–water partition coefficient (Wildman–Crippen LogP) is 2.17. The summed E-state index contributed by atoms with van der Waals surface area (Å²) in [7, 11) is -2.93. The maximum absolute atomic E-state index is 11.8. The van der Waals surface area contributed by atoms with E-state index < -0.39 is 9.84 Å². The second kappa shape index (κ2) is 4.74. The van der Waals surface area contributed by atoms with E-state index in [9.17, 15) is 8.42 Å². The zero-order valence-electron chi connectivity index (χ0n) is 11.7. The number of aromatic nitrogens is 1. The van der Waals surface area contributed by atoms with Gasteiger partial charge in [-0.25, -0.2) is 13.4 Å². The zero-order chi connectivity index (χ0) is 14.3. The quantitative estimate of drug-likeness (QED) is 0.807. The molecule has 1 aromatic heterocycles. The smallest absolute Gasteiger partial charge is 0.156 e. The van der Waals surface area contributed by atoms with Crippen molar-refractivity contribution in [2.45, 2.75) is 19.1 Å². The fourth-order valence-corrected chi connectivity index (χ4v) is 3.96. The van der Waals surface area contributed by atoms with Gasteiger partial charge in [0.1, 0.15) is 5.82 Å². The monoisotopic (exact) mass is 290 g/mol. The lowest BCUT2D eigenvalue weighted by Gasteiger charge is -2.32.